The van der Waals surface area contributed by atoms with Crippen LogP contribution in [-0.4, -0.2) is 24.2 Å². The third kappa shape index (κ3) is 22.4. The van der Waals surface area contributed by atoms with Crippen molar-refractivity contribution in [1.82, 2.24) is 0 Å². The van der Waals surface area contributed by atoms with Gasteiger partial charge in [0.25, 0.3) is 0 Å². The monoisotopic (exact) mass is 522 g/mol. The van der Waals surface area contributed by atoms with Crippen LogP contribution in [0.3, 0.4) is 0 Å². The first-order valence-electron chi connectivity index (χ1n) is 16.1. The minimum absolute atomic E-state index is 0.280. The van der Waals surface area contributed by atoms with E-state index in [-0.39, 0.29) is 5.57 Å². The summed E-state index contributed by atoms with van der Waals surface area (Å²) >= 11 is 0. The van der Waals surface area contributed by atoms with Crippen LogP contribution in [0.15, 0.2) is 11.1 Å². The van der Waals surface area contributed by atoms with Gasteiger partial charge < -0.3 is 9.84 Å². The van der Waals surface area contributed by atoms with Gasteiger partial charge in [0.1, 0.15) is 0 Å². The molecule has 0 aromatic rings. The highest BCUT2D eigenvalue weighted by Gasteiger charge is 2.20. The molecule has 0 saturated heterocycles. The Bertz CT molecular complexity index is 567. The van der Waals surface area contributed by atoms with Crippen LogP contribution in [0, 0.1) is 0 Å². The number of carbonyl (C=O) groups is 2. The zero-order chi connectivity index (χ0) is 27.4. The van der Waals surface area contributed by atoms with E-state index in [9.17, 15) is 14.7 Å². The molecule has 0 aromatic carbocycles. The Morgan fingerprint density at radius 3 is 1.00 bits per heavy atom. The molecule has 0 unspecified atom stereocenters. The van der Waals surface area contributed by atoms with Gasteiger partial charge in [-0.05, 0) is 25.7 Å². The Hall–Kier alpha value is -1.32. The van der Waals surface area contributed by atoms with Crippen LogP contribution in [0.2, 0.25) is 0 Å². The predicted molar refractivity (Wildman–Crippen MR) is 158 cm³/mol. The van der Waals surface area contributed by atoms with Crippen molar-refractivity contribution in [3.63, 3.8) is 0 Å². The molecule has 0 aliphatic carbocycles. The number of hydrogen-bond donors (Lipinski definition) is 1. The van der Waals surface area contributed by atoms with Crippen molar-refractivity contribution >= 4 is 11.9 Å². The molecule has 218 valence electrons. The summed E-state index contributed by atoms with van der Waals surface area (Å²) in [5.41, 5.74) is 0.673. The molecule has 1 N–H and O–H groups in total. The smallest absolute Gasteiger partial charge is 0.334 e. The summed E-state index contributed by atoms with van der Waals surface area (Å²) in [5, 5.41) is 9.79. The first-order valence-corrected chi connectivity index (χ1v) is 16.1. The van der Waals surface area contributed by atoms with E-state index < -0.39 is 11.9 Å². The highest BCUT2D eigenvalue weighted by atomic mass is 16.5. The Labute approximate surface area is 230 Å². The SMILES string of the molecule is CCCCCCCCCCCCCC/C(C(=O)O)=C(/CCCCCCCCCCCCCC)C(=O)OC. The number of hydrogen-bond acceptors (Lipinski definition) is 3. The zero-order valence-electron chi connectivity index (χ0n) is 25.1. The van der Waals surface area contributed by atoms with Gasteiger partial charge in [-0.2, -0.15) is 0 Å². The standard InChI is InChI=1S/C33H62O4/c1-4-6-8-10-12-14-16-18-20-22-24-26-28-30(32(34)35)31(33(36)37-3)29-27-25-23-21-19-17-15-13-11-9-7-5-2/h4-29H2,1-3H3,(H,34,35)/b31-30+. The number of carbonyl (C=O) groups excluding carboxylic acids is 1. The Morgan fingerprint density at radius 1 is 0.459 bits per heavy atom. The number of esters is 1. The van der Waals surface area contributed by atoms with Crippen LogP contribution in [0.25, 0.3) is 0 Å². The number of carboxylic acids is 1. The molecule has 0 saturated carbocycles. The molecule has 0 rings (SSSR count). The van der Waals surface area contributed by atoms with Crippen LogP contribution >= 0.6 is 0 Å². The molecule has 0 aliphatic heterocycles. The van der Waals surface area contributed by atoms with Crippen LogP contribution in [0.5, 0.6) is 0 Å². The van der Waals surface area contributed by atoms with Crippen LogP contribution in [-0.2, 0) is 14.3 Å². The Morgan fingerprint density at radius 2 is 0.730 bits per heavy atom. The first-order chi connectivity index (χ1) is 18.1. The van der Waals surface area contributed by atoms with Crippen molar-refractivity contribution in [3.05, 3.63) is 11.1 Å². The summed E-state index contributed by atoms with van der Waals surface area (Å²) in [5.74, 6) is -1.41. The second-order valence-corrected chi connectivity index (χ2v) is 11.0. The van der Waals surface area contributed by atoms with E-state index >= 15 is 0 Å². The molecule has 0 radical (unpaired) electrons. The number of methoxy groups -OCH3 is 1. The topological polar surface area (TPSA) is 63.6 Å². The van der Waals surface area contributed by atoms with E-state index in [1.807, 2.05) is 0 Å². The lowest BCUT2D eigenvalue weighted by atomic mass is 9.96. The lowest BCUT2D eigenvalue weighted by molar-refractivity contribution is -0.138. The second-order valence-electron chi connectivity index (χ2n) is 11.0. The van der Waals surface area contributed by atoms with Crippen molar-refractivity contribution in [2.45, 2.75) is 181 Å². The summed E-state index contributed by atoms with van der Waals surface area (Å²) in [6.45, 7) is 4.51. The van der Waals surface area contributed by atoms with Gasteiger partial charge in [-0.25, -0.2) is 9.59 Å². The van der Waals surface area contributed by atoms with Crippen LogP contribution in [0.4, 0.5) is 0 Å². The van der Waals surface area contributed by atoms with E-state index in [4.69, 9.17) is 4.74 Å². The number of ether oxygens (including phenoxy) is 1. The molecule has 0 aromatic heterocycles. The maximum absolute atomic E-state index is 12.4. The average Bonchev–Trinajstić information content (AvgIpc) is 2.89. The Balaban J connectivity index is 4.14. The minimum Gasteiger partial charge on any atom is -0.478 e. The molecule has 0 amide bonds. The van der Waals surface area contributed by atoms with E-state index in [1.165, 1.54) is 123 Å². The zero-order valence-corrected chi connectivity index (χ0v) is 25.1. The van der Waals surface area contributed by atoms with Gasteiger partial charge >= 0.3 is 11.9 Å². The summed E-state index contributed by atoms with van der Waals surface area (Å²) in [6, 6.07) is 0. The Kier molecular flexibility index (Phi) is 26.7. The predicted octanol–water partition coefficient (Wildman–Crippen LogP) is 10.7. The van der Waals surface area contributed by atoms with Gasteiger partial charge in [-0.15, -0.1) is 0 Å². The molecule has 4 heteroatoms. The molecular weight excluding hydrogens is 460 g/mol. The second kappa shape index (κ2) is 27.7. The van der Waals surface area contributed by atoms with Gasteiger partial charge in [0.15, 0.2) is 0 Å². The van der Waals surface area contributed by atoms with E-state index in [0.717, 1.165) is 38.5 Å². The van der Waals surface area contributed by atoms with Crippen molar-refractivity contribution in [2.75, 3.05) is 7.11 Å². The highest BCUT2D eigenvalue weighted by Crippen LogP contribution is 2.22. The normalized spacial score (nSPS) is 12.0. The largest absolute Gasteiger partial charge is 0.478 e. The molecule has 0 heterocycles. The lowest BCUT2D eigenvalue weighted by Gasteiger charge is -2.11. The fourth-order valence-corrected chi connectivity index (χ4v) is 5.17. The molecule has 0 spiro atoms. The van der Waals surface area contributed by atoms with Crippen LogP contribution < -0.4 is 0 Å². The van der Waals surface area contributed by atoms with Gasteiger partial charge in [0.2, 0.25) is 0 Å². The molecule has 0 atom stereocenters. The minimum atomic E-state index is -0.956. The molecule has 37 heavy (non-hydrogen) atoms. The number of aliphatic carboxylic acids is 1. The van der Waals surface area contributed by atoms with Crippen molar-refractivity contribution in [1.29, 1.82) is 0 Å². The van der Waals surface area contributed by atoms with Crippen LogP contribution in [0.1, 0.15) is 181 Å². The average molecular weight is 523 g/mol. The molecular formula is C33H62O4. The van der Waals surface area contributed by atoms with Crippen molar-refractivity contribution < 1.29 is 19.4 Å². The molecule has 0 bridgehead atoms. The first kappa shape index (κ1) is 35.7. The number of rotatable bonds is 28. The fourth-order valence-electron chi connectivity index (χ4n) is 5.17. The number of unbranched alkanes of at least 4 members (excludes halogenated alkanes) is 22. The summed E-state index contributed by atoms with van der Waals surface area (Å²) in [7, 11) is 1.36. The van der Waals surface area contributed by atoms with E-state index in [1.54, 1.807) is 0 Å². The van der Waals surface area contributed by atoms with E-state index in [2.05, 4.69) is 13.8 Å². The summed E-state index contributed by atoms with van der Waals surface area (Å²) in [4.78, 5) is 24.3. The maximum Gasteiger partial charge on any atom is 0.334 e. The third-order valence-corrected chi connectivity index (χ3v) is 7.61. The molecule has 0 aliphatic rings. The number of carboxylic acid groups (broad SMARTS) is 1. The van der Waals surface area contributed by atoms with Crippen molar-refractivity contribution in [3.8, 4) is 0 Å². The fraction of sp³-hybridized carbons (Fsp3) is 0.879. The molecule has 4 nitrogen and oxygen atoms in total. The van der Waals surface area contributed by atoms with Gasteiger partial charge in [0, 0.05) is 11.1 Å². The van der Waals surface area contributed by atoms with E-state index in [0.29, 0.717) is 18.4 Å². The van der Waals surface area contributed by atoms with Gasteiger partial charge in [-0.1, -0.05) is 155 Å². The summed E-state index contributed by atoms with van der Waals surface area (Å²) < 4.78 is 4.95. The molecule has 0 fully saturated rings. The maximum atomic E-state index is 12.4. The summed E-state index contributed by atoms with van der Waals surface area (Å²) in [6.07, 6.45) is 31.0. The quantitative estimate of drug-likeness (QED) is 0.0630. The van der Waals surface area contributed by atoms with Crippen molar-refractivity contribution in [2.24, 2.45) is 0 Å². The van der Waals surface area contributed by atoms with Gasteiger partial charge in [0.05, 0.1) is 7.11 Å². The lowest BCUT2D eigenvalue weighted by Crippen LogP contribution is -2.14. The highest BCUT2D eigenvalue weighted by molar-refractivity contribution is 5.99. The van der Waals surface area contributed by atoms with Gasteiger partial charge in [-0.3, -0.25) is 0 Å². The third-order valence-electron chi connectivity index (χ3n) is 7.61.